The van der Waals surface area contributed by atoms with Gasteiger partial charge in [-0.25, -0.2) is 0 Å². The van der Waals surface area contributed by atoms with Crippen molar-refractivity contribution in [2.45, 2.75) is 77.0 Å². The number of para-hydroxylation sites is 1. The number of hydrogen-bond acceptors (Lipinski definition) is 4. The molecule has 2 atom stereocenters. The number of amides is 1. The van der Waals surface area contributed by atoms with E-state index in [-0.39, 0.29) is 17.9 Å². The summed E-state index contributed by atoms with van der Waals surface area (Å²) in [7, 11) is 0. The van der Waals surface area contributed by atoms with Crippen LogP contribution in [0.1, 0.15) is 64.4 Å². The Balaban J connectivity index is 1.58. The second kappa shape index (κ2) is 9.93. The third-order valence-corrected chi connectivity index (χ3v) is 6.03. The molecule has 1 aromatic carbocycles. The zero-order valence-electron chi connectivity index (χ0n) is 17.2. The van der Waals surface area contributed by atoms with Crippen LogP contribution in [0.2, 0.25) is 0 Å². The number of hydrogen-bond donors (Lipinski definition) is 1. The number of nitrogens with zero attached hydrogens (tertiary/aromatic N) is 2. The van der Waals surface area contributed by atoms with E-state index in [1.54, 1.807) is 18.2 Å². The molecule has 2 fully saturated rings. The van der Waals surface area contributed by atoms with E-state index in [1.165, 1.54) is 38.5 Å². The molecule has 1 amide bonds. The molecule has 28 heavy (non-hydrogen) atoms. The highest BCUT2D eigenvalue weighted by molar-refractivity contribution is 5.81. The van der Waals surface area contributed by atoms with Gasteiger partial charge >= 0.3 is 0 Å². The van der Waals surface area contributed by atoms with Gasteiger partial charge in [0.15, 0.2) is 6.10 Å². The normalized spacial score (nSPS) is 22.4. The zero-order valence-corrected chi connectivity index (χ0v) is 17.2. The fraction of sp³-hybridized carbons (Fsp3) is 0.652. The quantitative estimate of drug-likeness (QED) is 0.757. The van der Waals surface area contributed by atoms with Gasteiger partial charge in [0, 0.05) is 25.2 Å². The fourth-order valence-electron chi connectivity index (χ4n) is 4.43. The van der Waals surface area contributed by atoms with Gasteiger partial charge in [-0.2, -0.15) is 5.26 Å². The van der Waals surface area contributed by atoms with E-state index >= 15 is 0 Å². The van der Waals surface area contributed by atoms with Crippen LogP contribution < -0.4 is 10.1 Å². The SMILES string of the molecule is CC(C)C(Oc1ccccc1C#N)C(=O)NC1CCN(C2CCCCCC2)C1. The van der Waals surface area contributed by atoms with Gasteiger partial charge in [0.2, 0.25) is 0 Å². The Bertz CT molecular complexity index is 689. The summed E-state index contributed by atoms with van der Waals surface area (Å²) in [5.74, 6) is 0.423. The third-order valence-electron chi connectivity index (χ3n) is 6.03. The minimum absolute atomic E-state index is 0.0195. The van der Waals surface area contributed by atoms with Gasteiger partial charge < -0.3 is 10.1 Å². The second-order valence-corrected chi connectivity index (χ2v) is 8.52. The van der Waals surface area contributed by atoms with Crippen LogP contribution in [0.25, 0.3) is 0 Å². The molecule has 1 aliphatic heterocycles. The number of nitrogens with one attached hydrogen (secondary N) is 1. The average molecular weight is 384 g/mol. The van der Waals surface area contributed by atoms with E-state index in [2.05, 4.69) is 16.3 Å². The number of ether oxygens (including phenoxy) is 1. The summed E-state index contributed by atoms with van der Waals surface area (Å²) in [6.07, 6.45) is 8.39. The van der Waals surface area contributed by atoms with Crippen molar-refractivity contribution < 1.29 is 9.53 Å². The number of benzene rings is 1. The smallest absolute Gasteiger partial charge is 0.261 e. The summed E-state index contributed by atoms with van der Waals surface area (Å²) in [6, 6.07) is 10.1. The lowest BCUT2D eigenvalue weighted by Crippen LogP contribution is -2.47. The summed E-state index contributed by atoms with van der Waals surface area (Å²) >= 11 is 0. The van der Waals surface area contributed by atoms with Gasteiger partial charge in [-0.3, -0.25) is 9.69 Å². The Morgan fingerprint density at radius 3 is 2.57 bits per heavy atom. The molecule has 0 aromatic heterocycles. The first-order valence-electron chi connectivity index (χ1n) is 10.8. The minimum Gasteiger partial charge on any atom is -0.479 e. The lowest BCUT2D eigenvalue weighted by Gasteiger charge is -2.27. The average Bonchev–Trinajstić information content (AvgIpc) is 2.98. The lowest BCUT2D eigenvalue weighted by molar-refractivity contribution is -0.130. The van der Waals surface area contributed by atoms with Crippen LogP contribution >= 0.6 is 0 Å². The summed E-state index contributed by atoms with van der Waals surface area (Å²) in [5.41, 5.74) is 0.460. The topological polar surface area (TPSA) is 65.4 Å². The first-order chi connectivity index (χ1) is 13.6. The maximum absolute atomic E-state index is 12.9. The van der Waals surface area contributed by atoms with Crippen molar-refractivity contribution >= 4 is 5.91 Å². The first kappa shape index (κ1) is 20.7. The number of rotatable bonds is 6. The van der Waals surface area contributed by atoms with E-state index in [0.29, 0.717) is 17.4 Å². The molecule has 0 radical (unpaired) electrons. The van der Waals surface area contributed by atoms with E-state index in [0.717, 1.165) is 19.5 Å². The molecule has 0 bridgehead atoms. The molecule has 0 spiro atoms. The van der Waals surface area contributed by atoms with Crippen LogP contribution in [0.15, 0.2) is 24.3 Å². The standard InChI is InChI=1S/C23H33N3O2/c1-17(2)22(28-21-12-8-7-9-18(21)15-24)23(27)25-19-13-14-26(16-19)20-10-5-3-4-6-11-20/h7-9,12,17,19-20,22H,3-6,10-11,13-14,16H2,1-2H3,(H,25,27). The van der Waals surface area contributed by atoms with Crippen LogP contribution in [0.5, 0.6) is 5.75 Å². The second-order valence-electron chi connectivity index (χ2n) is 8.52. The van der Waals surface area contributed by atoms with E-state index in [9.17, 15) is 10.1 Å². The molecule has 1 aliphatic carbocycles. The molecule has 2 unspecified atom stereocenters. The Labute approximate surface area is 169 Å². The van der Waals surface area contributed by atoms with Crippen LogP contribution in [-0.4, -0.2) is 42.1 Å². The van der Waals surface area contributed by atoms with Crippen molar-refractivity contribution in [3.63, 3.8) is 0 Å². The predicted molar refractivity (Wildman–Crippen MR) is 110 cm³/mol. The van der Waals surface area contributed by atoms with Gasteiger partial charge in [-0.1, -0.05) is 51.7 Å². The minimum atomic E-state index is -0.596. The number of carbonyl (C=O) groups excluding carboxylic acids is 1. The van der Waals surface area contributed by atoms with E-state index in [1.807, 2.05) is 19.9 Å². The molecular weight excluding hydrogens is 350 g/mol. The maximum Gasteiger partial charge on any atom is 0.261 e. The van der Waals surface area contributed by atoms with Crippen LogP contribution in [0.3, 0.4) is 0 Å². The number of carbonyl (C=O) groups is 1. The Hall–Kier alpha value is -2.06. The lowest BCUT2D eigenvalue weighted by atomic mass is 10.1. The largest absolute Gasteiger partial charge is 0.479 e. The Morgan fingerprint density at radius 2 is 1.89 bits per heavy atom. The predicted octanol–water partition coefficient (Wildman–Crippen LogP) is 3.87. The maximum atomic E-state index is 12.9. The summed E-state index contributed by atoms with van der Waals surface area (Å²) in [6.45, 7) is 5.97. The van der Waals surface area contributed by atoms with Crippen molar-refractivity contribution in [3.05, 3.63) is 29.8 Å². The Morgan fingerprint density at radius 1 is 1.18 bits per heavy atom. The first-order valence-corrected chi connectivity index (χ1v) is 10.8. The molecule has 152 valence electrons. The summed E-state index contributed by atoms with van der Waals surface area (Å²) < 4.78 is 5.98. The summed E-state index contributed by atoms with van der Waals surface area (Å²) in [4.78, 5) is 15.5. The van der Waals surface area contributed by atoms with Crippen molar-refractivity contribution in [3.8, 4) is 11.8 Å². The van der Waals surface area contributed by atoms with Crippen LogP contribution in [0, 0.1) is 17.2 Å². The van der Waals surface area contributed by atoms with Crippen molar-refractivity contribution in [2.75, 3.05) is 13.1 Å². The van der Waals surface area contributed by atoms with Crippen molar-refractivity contribution in [1.82, 2.24) is 10.2 Å². The highest BCUT2D eigenvalue weighted by Gasteiger charge is 2.32. The van der Waals surface area contributed by atoms with Gasteiger partial charge in [0.25, 0.3) is 5.91 Å². The molecule has 5 heteroatoms. The molecule has 1 saturated carbocycles. The molecule has 5 nitrogen and oxygen atoms in total. The van der Waals surface area contributed by atoms with Crippen molar-refractivity contribution in [2.24, 2.45) is 5.92 Å². The van der Waals surface area contributed by atoms with Crippen molar-refractivity contribution in [1.29, 1.82) is 5.26 Å². The monoisotopic (exact) mass is 383 g/mol. The number of nitriles is 1. The van der Waals surface area contributed by atoms with E-state index < -0.39 is 6.10 Å². The van der Waals surface area contributed by atoms with Gasteiger partial charge in [-0.15, -0.1) is 0 Å². The van der Waals surface area contributed by atoms with Crippen LogP contribution in [0.4, 0.5) is 0 Å². The highest BCUT2D eigenvalue weighted by atomic mass is 16.5. The van der Waals surface area contributed by atoms with Crippen LogP contribution in [-0.2, 0) is 4.79 Å². The van der Waals surface area contributed by atoms with E-state index in [4.69, 9.17) is 4.74 Å². The van der Waals surface area contributed by atoms with Gasteiger partial charge in [0.1, 0.15) is 11.8 Å². The zero-order chi connectivity index (χ0) is 19.9. The molecule has 1 N–H and O–H groups in total. The molecule has 2 aliphatic rings. The molecule has 1 aromatic rings. The Kier molecular flexibility index (Phi) is 7.33. The molecule has 3 rings (SSSR count). The number of likely N-dealkylation sites (tertiary alicyclic amines) is 1. The van der Waals surface area contributed by atoms with Gasteiger partial charge in [0.05, 0.1) is 5.56 Å². The van der Waals surface area contributed by atoms with Gasteiger partial charge in [-0.05, 0) is 37.3 Å². The fourth-order valence-corrected chi connectivity index (χ4v) is 4.43. The molecule has 1 saturated heterocycles. The third kappa shape index (κ3) is 5.26. The summed E-state index contributed by atoms with van der Waals surface area (Å²) in [5, 5.41) is 12.5. The highest BCUT2D eigenvalue weighted by Crippen LogP contribution is 2.25. The molecule has 1 heterocycles. The molecular formula is C23H33N3O2.